The monoisotopic (exact) mass is 369 g/mol. The largest absolute Gasteiger partial charge is 0.439 e. The number of fused-ring (bicyclic) bond motifs is 2. The molecule has 0 saturated carbocycles. The second kappa shape index (κ2) is 6.21. The number of rotatable bonds is 2. The first-order valence-corrected chi connectivity index (χ1v) is 9.21. The highest BCUT2D eigenvalue weighted by Gasteiger charge is 2.22. The van der Waals surface area contributed by atoms with Crippen LogP contribution in [-0.4, -0.2) is 7.05 Å². The van der Waals surface area contributed by atoms with Gasteiger partial charge in [-0.05, 0) is 48.9 Å². The molecule has 2 heterocycles. The van der Waals surface area contributed by atoms with E-state index in [1.807, 2.05) is 37.4 Å². The van der Waals surface area contributed by atoms with Gasteiger partial charge in [-0.2, -0.15) is 4.57 Å². The zero-order valence-corrected chi connectivity index (χ0v) is 15.9. The number of hydrogen-bond acceptors (Lipinski definition) is 3. The number of halogens is 1. The van der Waals surface area contributed by atoms with Crippen LogP contribution in [0.25, 0.3) is 16.3 Å². The second-order valence-electron chi connectivity index (χ2n) is 6.11. The van der Waals surface area contributed by atoms with Crippen molar-refractivity contribution in [1.29, 1.82) is 0 Å². The summed E-state index contributed by atoms with van der Waals surface area (Å²) in [5.74, 6) is 1.72. The maximum absolute atomic E-state index is 6.10. The Morgan fingerprint density at radius 1 is 1.20 bits per heavy atom. The van der Waals surface area contributed by atoms with Gasteiger partial charge in [-0.1, -0.05) is 29.0 Å². The molecular formula is C20H18ClN2OS+. The van der Waals surface area contributed by atoms with Gasteiger partial charge in [0, 0.05) is 24.2 Å². The summed E-state index contributed by atoms with van der Waals surface area (Å²) >= 11 is 7.84. The van der Waals surface area contributed by atoms with Gasteiger partial charge in [0.1, 0.15) is 11.7 Å². The minimum absolute atomic E-state index is 0.757. The van der Waals surface area contributed by atoms with E-state index in [0.29, 0.717) is 0 Å². The van der Waals surface area contributed by atoms with Crippen molar-refractivity contribution in [3.8, 4) is 5.75 Å². The Kier molecular flexibility index (Phi) is 4.02. The molecule has 1 aliphatic rings. The summed E-state index contributed by atoms with van der Waals surface area (Å²) < 4.78 is 9.30. The average molecular weight is 370 g/mol. The average Bonchev–Trinajstić information content (AvgIpc) is 3.06. The summed E-state index contributed by atoms with van der Waals surface area (Å²) in [6.45, 7) is 2.09. The van der Waals surface area contributed by atoms with Gasteiger partial charge in [0.2, 0.25) is 5.52 Å². The van der Waals surface area contributed by atoms with E-state index in [9.17, 15) is 0 Å². The molecule has 0 amide bonds. The van der Waals surface area contributed by atoms with Gasteiger partial charge in [-0.15, -0.1) is 0 Å². The van der Waals surface area contributed by atoms with Crippen molar-refractivity contribution in [2.24, 2.45) is 7.05 Å². The van der Waals surface area contributed by atoms with E-state index in [1.54, 1.807) is 11.3 Å². The predicted molar refractivity (Wildman–Crippen MR) is 105 cm³/mol. The van der Waals surface area contributed by atoms with Gasteiger partial charge in [-0.25, -0.2) is 0 Å². The van der Waals surface area contributed by atoms with E-state index < -0.39 is 0 Å². The van der Waals surface area contributed by atoms with E-state index in [1.165, 1.54) is 10.3 Å². The van der Waals surface area contributed by atoms with E-state index in [-0.39, 0.29) is 0 Å². The fraction of sp³-hybridized carbons (Fsp3) is 0.150. The van der Waals surface area contributed by atoms with Crippen LogP contribution in [0.2, 0.25) is 5.02 Å². The molecule has 5 heteroatoms. The molecule has 0 fully saturated rings. The van der Waals surface area contributed by atoms with Crippen LogP contribution in [0.15, 0.2) is 54.4 Å². The van der Waals surface area contributed by atoms with E-state index >= 15 is 0 Å². The van der Waals surface area contributed by atoms with Crippen molar-refractivity contribution >= 4 is 44.9 Å². The van der Waals surface area contributed by atoms with Crippen molar-refractivity contribution in [1.82, 2.24) is 0 Å². The molecule has 0 bridgehead atoms. The quantitative estimate of drug-likeness (QED) is 0.586. The van der Waals surface area contributed by atoms with Crippen molar-refractivity contribution in [2.75, 3.05) is 11.9 Å². The van der Waals surface area contributed by atoms with Crippen LogP contribution in [0.1, 0.15) is 10.6 Å². The van der Waals surface area contributed by atoms with E-state index in [2.05, 4.69) is 47.7 Å². The first-order chi connectivity index (χ1) is 12.0. The Bertz CT molecular complexity index is 1040. The maximum Gasteiger partial charge on any atom is 0.262 e. The lowest BCUT2D eigenvalue weighted by atomic mass is 10.2. The molecule has 4 rings (SSSR count). The number of benzene rings is 2. The highest BCUT2D eigenvalue weighted by atomic mass is 35.5. The molecular weight excluding hydrogens is 352 g/mol. The zero-order chi connectivity index (χ0) is 17.6. The Balaban J connectivity index is 1.61. The highest BCUT2D eigenvalue weighted by molar-refractivity contribution is 7.18. The predicted octanol–water partition coefficient (Wildman–Crippen LogP) is 5.07. The number of aromatic nitrogens is 1. The van der Waals surface area contributed by atoms with Crippen LogP contribution in [0.3, 0.4) is 0 Å². The van der Waals surface area contributed by atoms with Crippen LogP contribution in [-0.2, 0) is 7.05 Å². The topological polar surface area (TPSA) is 16.4 Å². The lowest BCUT2D eigenvalue weighted by Crippen LogP contribution is -2.28. The molecule has 0 radical (unpaired) electrons. The summed E-state index contributed by atoms with van der Waals surface area (Å²) in [6, 6.07) is 12.2. The van der Waals surface area contributed by atoms with Gasteiger partial charge in [-0.3, -0.25) is 0 Å². The van der Waals surface area contributed by atoms with Gasteiger partial charge in [0.15, 0.2) is 11.6 Å². The number of aryl methyl sites for hydroxylation is 2. The third kappa shape index (κ3) is 2.92. The number of ether oxygens (including phenoxy) is 1. The summed E-state index contributed by atoms with van der Waals surface area (Å²) in [5.41, 5.74) is 3.46. The second-order valence-corrected chi connectivity index (χ2v) is 7.61. The minimum atomic E-state index is 0.757. The fourth-order valence-corrected chi connectivity index (χ4v) is 4.13. The zero-order valence-electron chi connectivity index (χ0n) is 14.3. The normalized spacial score (nSPS) is 15.4. The van der Waals surface area contributed by atoms with Crippen LogP contribution >= 0.6 is 22.9 Å². The molecule has 25 heavy (non-hydrogen) atoms. The summed E-state index contributed by atoms with van der Waals surface area (Å²) in [5, 5.41) is 1.91. The van der Waals surface area contributed by atoms with Crippen molar-refractivity contribution in [3.05, 3.63) is 70.0 Å². The van der Waals surface area contributed by atoms with Crippen molar-refractivity contribution < 1.29 is 9.30 Å². The first kappa shape index (κ1) is 16.2. The Labute approximate surface area is 156 Å². The number of anilines is 1. The van der Waals surface area contributed by atoms with Crippen LogP contribution in [0.5, 0.6) is 5.75 Å². The Morgan fingerprint density at radius 3 is 2.88 bits per heavy atom. The number of allylic oxidation sites excluding steroid dienone is 2. The third-order valence-electron chi connectivity index (χ3n) is 4.33. The molecule has 0 N–H and O–H groups in total. The summed E-state index contributed by atoms with van der Waals surface area (Å²) in [4.78, 5) is 2.07. The SMILES string of the molecule is Cc1ccc2c(c1)N(C)/C(=C/C=C/c1sc3ccc(Cl)cc3[n+]1C)O2. The molecule has 3 nitrogen and oxygen atoms in total. The van der Waals surface area contributed by atoms with E-state index in [0.717, 1.165) is 32.9 Å². The number of nitrogens with zero attached hydrogens (tertiary/aromatic N) is 2. The van der Waals surface area contributed by atoms with E-state index in [4.69, 9.17) is 16.3 Å². The standard InChI is InChI=1S/C20H18ClN2OS/c1-13-7-9-17-15(11-13)22(2)19(24-17)5-4-6-20-23(3)16-12-14(21)8-10-18(16)25-20/h4-12H,1-3H3/q+1. The molecule has 0 aliphatic carbocycles. The molecule has 0 saturated heterocycles. The Morgan fingerprint density at radius 2 is 2.04 bits per heavy atom. The van der Waals surface area contributed by atoms with Gasteiger partial charge < -0.3 is 9.64 Å². The molecule has 3 aromatic rings. The van der Waals surface area contributed by atoms with Gasteiger partial charge >= 0.3 is 0 Å². The molecule has 0 atom stereocenters. The molecule has 1 aliphatic heterocycles. The van der Waals surface area contributed by atoms with Crippen LogP contribution in [0, 0.1) is 6.92 Å². The first-order valence-electron chi connectivity index (χ1n) is 8.01. The third-order valence-corrected chi connectivity index (χ3v) is 5.75. The van der Waals surface area contributed by atoms with Gasteiger partial charge in [0.25, 0.3) is 5.01 Å². The van der Waals surface area contributed by atoms with Crippen LogP contribution in [0.4, 0.5) is 5.69 Å². The Hall–Kier alpha value is -2.30. The van der Waals surface area contributed by atoms with Crippen molar-refractivity contribution in [2.45, 2.75) is 6.92 Å². The molecule has 0 spiro atoms. The molecule has 126 valence electrons. The highest BCUT2D eigenvalue weighted by Crippen LogP contribution is 2.38. The number of thiazole rings is 1. The molecule has 1 aromatic heterocycles. The fourth-order valence-electron chi connectivity index (χ4n) is 2.92. The number of hydrogen-bond donors (Lipinski definition) is 0. The lowest BCUT2D eigenvalue weighted by Gasteiger charge is -2.10. The summed E-state index contributed by atoms with van der Waals surface area (Å²) in [6.07, 6.45) is 6.11. The molecule has 0 unspecified atom stereocenters. The smallest absolute Gasteiger partial charge is 0.262 e. The maximum atomic E-state index is 6.10. The lowest BCUT2D eigenvalue weighted by molar-refractivity contribution is -0.642. The van der Waals surface area contributed by atoms with Gasteiger partial charge in [0.05, 0.1) is 5.69 Å². The van der Waals surface area contributed by atoms with Crippen molar-refractivity contribution in [3.63, 3.8) is 0 Å². The van der Waals surface area contributed by atoms with Crippen LogP contribution < -0.4 is 14.2 Å². The molecule has 2 aromatic carbocycles. The summed E-state index contributed by atoms with van der Waals surface area (Å²) in [7, 11) is 4.07. The minimum Gasteiger partial charge on any atom is -0.439 e.